The molecular formula is C13H21N5O3. The van der Waals surface area contributed by atoms with Gasteiger partial charge in [-0.2, -0.15) is 5.10 Å². The summed E-state index contributed by atoms with van der Waals surface area (Å²) in [6.45, 7) is 6.42. The Kier molecular flexibility index (Phi) is 6.01. The minimum atomic E-state index is -0.935. The average Bonchev–Trinajstić information content (AvgIpc) is 2.41. The first-order chi connectivity index (χ1) is 9.82. The Bertz CT molecular complexity index is 472. The zero-order valence-corrected chi connectivity index (χ0v) is 12.5. The number of carbonyl (C=O) groups excluding carboxylic acids is 1. The van der Waals surface area contributed by atoms with Crippen molar-refractivity contribution in [2.24, 2.45) is 0 Å². The van der Waals surface area contributed by atoms with E-state index < -0.39 is 11.6 Å². The highest BCUT2D eigenvalue weighted by Gasteiger charge is 2.25. The molecule has 1 aromatic heterocycles. The van der Waals surface area contributed by atoms with Crippen molar-refractivity contribution in [2.75, 3.05) is 13.1 Å². The second kappa shape index (κ2) is 7.51. The fourth-order valence-corrected chi connectivity index (χ4v) is 1.75. The van der Waals surface area contributed by atoms with Gasteiger partial charge in [0.15, 0.2) is 0 Å². The van der Waals surface area contributed by atoms with Crippen LogP contribution < -0.4 is 5.32 Å². The van der Waals surface area contributed by atoms with Gasteiger partial charge in [-0.25, -0.2) is 9.78 Å². The topological polar surface area (TPSA) is 108 Å². The molecule has 116 valence electrons. The van der Waals surface area contributed by atoms with Gasteiger partial charge in [0.25, 0.3) is 5.91 Å². The Morgan fingerprint density at radius 1 is 1.29 bits per heavy atom. The Morgan fingerprint density at radius 2 is 2.00 bits per heavy atom. The molecule has 0 saturated carbocycles. The van der Waals surface area contributed by atoms with E-state index in [0.29, 0.717) is 25.9 Å². The molecule has 0 saturated heterocycles. The largest absolute Gasteiger partial charge is 0.465 e. The zero-order chi connectivity index (χ0) is 15.9. The maximum absolute atomic E-state index is 11.6. The maximum atomic E-state index is 11.6. The predicted octanol–water partition coefficient (Wildman–Crippen LogP) is 1.16. The third-order valence-electron chi connectivity index (χ3n) is 2.82. The van der Waals surface area contributed by atoms with E-state index in [9.17, 15) is 9.59 Å². The summed E-state index contributed by atoms with van der Waals surface area (Å²) in [6, 6.07) is 0. The molecule has 0 unspecified atom stereocenters. The van der Waals surface area contributed by atoms with Crippen LogP contribution in [-0.2, 0) is 0 Å². The van der Waals surface area contributed by atoms with Crippen LogP contribution in [0.25, 0.3) is 0 Å². The minimum Gasteiger partial charge on any atom is -0.465 e. The monoisotopic (exact) mass is 295 g/mol. The molecule has 0 fully saturated rings. The van der Waals surface area contributed by atoms with Crippen LogP contribution in [0, 0.1) is 0 Å². The Balaban J connectivity index is 2.28. The number of carbonyl (C=O) groups is 2. The number of unbranched alkanes of at least 4 members (excludes halogenated alkanes) is 1. The average molecular weight is 295 g/mol. The third-order valence-corrected chi connectivity index (χ3v) is 2.82. The molecule has 2 N–H and O–H groups in total. The van der Waals surface area contributed by atoms with Gasteiger partial charge in [0.1, 0.15) is 0 Å². The van der Waals surface area contributed by atoms with E-state index in [4.69, 9.17) is 5.11 Å². The molecule has 21 heavy (non-hydrogen) atoms. The lowest BCUT2D eigenvalue weighted by Gasteiger charge is -2.33. The van der Waals surface area contributed by atoms with Gasteiger partial charge < -0.3 is 15.3 Å². The summed E-state index contributed by atoms with van der Waals surface area (Å²) in [5.74, 6) is -0.353. The first-order valence-electron chi connectivity index (χ1n) is 6.75. The summed E-state index contributed by atoms with van der Waals surface area (Å²) in [5, 5.41) is 19.0. The Labute approximate surface area is 123 Å². The third kappa shape index (κ3) is 5.72. The number of aromatic nitrogens is 3. The standard InChI is InChI=1S/C13H21N5O3/c1-13(2,3)18(12(20)21)9-5-4-6-15-11(19)10-14-7-8-16-17-10/h7-8H,4-6,9H2,1-3H3,(H,15,19)(H,20,21). The van der Waals surface area contributed by atoms with E-state index in [1.165, 1.54) is 17.3 Å². The number of rotatable bonds is 6. The predicted molar refractivity (Wildman–Crippen MR) is 75.9 cm³/mol. The molecule has 2 amide bonds. The number of nitrogens with zero attached hydrogens (tertiary/aromatic N) is 4. The van der Waals surface area contributed by atoms with E-state index in [0.717, 1.165) is 0 Å². The van der Waals surface area contributed by atoms with Crippen LogP contribution in [0.15, 0.2) is 12.4 Å². The summed E-state index contributed by atoms with van der Waals surface area (Å²) in [7, 11) is 0. The van der Waals surface area contributed by atoms with Gasteiger partial charge in [0, 0.05) is 24.8 Å². The lowest BCUT2D eigenvalue weighted by molar-refractivity contribution is 0.0925. The molecule has 0 radical (unpaired) electrons. The second-order valence-electron chi connectivity index (χ2n) is 5.53. The van der Waals surface area contributed by atoms with Crippen LogP contribution in [0.4, 0.5) is 4.79 Å². The molecule has 8 heteroatoms. The van der Waals surface area contributed by atoms with E-state index >= 15 is 0 Å². The highest BCUT2D eigenvalue weighted by Crippen LogP contribution is 2.14. The van der Waals surface area contributed by atoms with Crippen LogP contribution in [-0.4, -0.2) is 55.8 Å². The summed E-state index contributed by atoms with van der Waals surface area (Å²) in [5.41, 5.74) is -0.432. The number of carboxylic acid groups (broad SMARTS) is 1. The van der Waals surface area contributed by atoms with E-state index in [1.807, 2.05) is 20.8 Å². The first kappa shape index (κ1) is 16.8. The van der Waals surface area contributed by atoms with Crippen LogP contribution in [0.3, 0.4) is 0 Å². The minimum absolute atomic E-state index is 0.0272. The lowest BCUT2D eigenvalue weighted by atomic mass is 10.1. The van der Waals surface area contributed by atoms with Crippen molar-refractivity contribution in [2.45, 2.75) is 39.2 Å². The summed E-state index contributed by atoms with van der Waals surface area (Å²) in [6.07, 6.45) is 3.19. The van der Waals surface area contributed by atoms with Crippen molar-refractivity contribution >= 4 is 12.0 Å². The molecule has 1 aromatic rings. The van der Waals surface area contributed by atoms with Crippen LogP contribution in [0.1, 0.15) is 44.2 Å². The number of hydrogen-bond donors (Lipinski definition) is 2. The molecule has 0 bridgehead atoms. The highest BCUT2D eigenvalue weighted by atomic mass is 16.4. The van der Waals surface area contributed by atoms with Crippen LogP contribution in [0.5, 0.6) is 0 Å². The molecule has 1 rings (SSSR count). The number of hydrogen-bond acceptors (Lipinski definition) is 5. The fraction of sp³-hybridized carbons (Fsp3) is 0.615. The molecule has 0 aliphatic carbocycles. The first-order valence-corrected chi connectivity index (χ1v) is 6.75. The molecule has 0 aliphatic heterocycles. The van der Waals surface area contributed by atoms with E-state index in [1.54, 1.807) is 0 Å². The van der Waals surface area contributed by atoms with Gasteiger partial charge in [-0.15, -0.1) is 5.10 Å². The molecule has 0 spiro atoms. The molecule has 0 aromatic carbocycles. The van der Waals surface area contributed by atoms with Crippen molar-refractivity contribution < 1.29 is 14.7 Å². The van der Waals surface area contributed by atoms with Crippen molar-refractivity contribution in [3.05, 3.63) is 18.2 Å². The lowest BCUT2D eigenvalue weighted by Crippen LogP contribution is -2.45. The zero-order valence-electron chi connectivity index (χ0n) is 12.5. The summed E-state index contributed by atoms with van der Waals surface area (Å²) in [4.78, 5) is 27.9. The van der Waals surface area contributed by atoms with Crippen LogP contribution in [0.2, 0.25) is 0 Å². The Morgan fingerprint density at radius 3 is 2.52 bits per heavy atom. The van der Waals surface area contributed by atoms with Gasteiger partial charge in [-0.1, -0.05) is 0 Å². The van der Waals surface area contributed by atoms with Gasteiger partial charge in [0.05, 0.1) is 6.20 Å². The fourth-order valence-electron chi connectivity index (χ4n) is 1.75. The van der Waals surface area contributed by atoms with Gasteiger partial charge in [-0.05, 0) is 33.6 Å². The summed E-state index contributed by atoms with van der Waals surface area (Å²) < 4.78 is 0. The van der Waals surface area contributed by atoms with E-state index in [-0.39, 0.29) is 11.7 Å². The quantitative estimate of drug-likeness (QED) is 0.762. The molecule has 1 heterocycles. The van der Waals surface area contributed by atoms with Crippen molar-refractivity contribution in [1.82, 2.24) is 25.4 Å². The smallest absolute Gasteiger partial charge is 0.407 e. The number of amides is 2. The molecule has 0 atom stereocenters. The van der Waals surface area contributed by atoms with Crippen molar-refractivity contribution in [3.63, 3.8) is 0 Å². The van der Waals surface area contributed by atoms with Crippen molar-refractivity contribution in [3.8, 4) is 0 Å². The van der Waals surface area contributed by atoms with Gasteiger partial charge in [-0.3, -0.25) is 4.79 Å². The number of nitrogens with one attached hydrogen (secondary N) is 1. The van der Waals surface area contributed by atoms with Gasteiger partial charge >= 0.3 is 6.09 Å². The molecule has 0 aliphatic rings. The normalized spacial score (nSPS) is 11.0. The second-order valence-corrected chi connectivity index (χ2v) is 5.53. The molecule has 8 nitrogen and oxygen atoms in total. The van der Waals surface area contributed by atoms with Crippen molar-refractivity contribution in [1.29, 1.82) is 0 Å². The molecular weight excluding hydrogens is 274 g/mol. The van der Waals surface area contributed by atoms with Gasteiger partial charge in [0.2, 0.25) is 5.82 Å². The summed E-state index contributed by atoms with van der Waals surface area (Å²) >= 11 is 0. The van der Waals surface area contributed by atoms with Crippen LogP contribution >= 0.6 is 0 Å². The Hall–Kier alpha value is -2.25. The SMILES string of the molecule is CC(C)(C)N(CCCCNC(=O)c1nccnn1)C(=O)O. The van der Waals surface area contributed by atoms with E-state index in [2.05, 4.69) is 20.5 Å². The maximum Gasteiger partial charge on any atom is 0.407 e. The highest BCUT2D eigenvalue weighted by molar-refractivity contribution is 5.90.